The van der Waals surface area contributed by atoms with Crippen molar-refractivity contribution in [2.24, 2.45) is 12.8 Å². The van der Waals surface area contributed by atoms with Gasteiger partial charge >= 0.3 is 5.97 Å². The number of benzene rings is 1. The van der Waals surface area contributed by atoms with E-state index in [-0.39, 0.29) is 11.3 Å². The molecule has 0 saturated carbocycles. The molecule has 21 heavy (non-hydrogen) atoms. The van der Waals surface area contributed by atoms with Crippen LogP contribution in [-0.4, -0.2) is 26.8 Å². The van der Waals surface area contributed by atoms with Gasteiger partial charge < -0.3 is 16.2 Å². The Kier molecular flexibility index (Phi) is 3.99. The molecule has 0 radical (unpaired) electrons. The number of anilines is 1. The van der Waals surface area contributed by atoms with E-state index in [1.165, 1.54) is 23.0 Å². The van der Waals surface area contributed by atoms with Crippen LogP contribution in [0, 0.1) is 5.82 Å². The number of carboxylic acid groups (broad SMARTS) is 1. The summed E-state index contributed by atoms with van der Waals surface area (Å²) in [6, 6.07) is 2.19. The van der Waals surface area contributed by atoms with Gasteiger partial charge in [-0.15, -0.1) is 0 Å². The fraction of sp³-hybridized carbons (Fsp3) is 0.154. The van der Waals surface area contributed by atoms with Crippen molar-refractivity contribution >= 4 is 17.6 Å². The Morgan fingerprint density at radius 3 is 2.71 bits per heavy atom. The summed E-state index contributed by atoms with van der Waals surface area (Å²) in [6.07, 6.45) is 3.02. The summed E-state index contributed by atoms with van der Waals surface area (Å²) in [5.41, 5.74) is 5.89. The SMILES string of the molecule is Cn1cc(C(N)C(=O)Nc2ccc(C(=O)O)cc2F)cn1. The van der Waals surface area contributed by atoms with Crippen LogP contribution in [0.4, 0.5) is 10.1 Å². The highest BCUT2D eigenvalue weighted by Gasteiger charge is 2.19. The van der Waals surface area contributed by atoms with Gasteiger partial charge in [-0.2, -0.15) is 5.10 Å². The predicted molar refractivity (Wildman–Crippen MR) is 72.1 cm³/mol. The number of nitrogens with two attached hydrogens (primary N) is 1. The summed E-state index contributed by atoms with van der Waals surface area (Å²) >= 11 is 0. The quantitative estimate of drug-likeness (QED) is 0.775. The van der Waals surface area contributed by atoms with Crippen molar-refractivity contribution in [2.75, 3.05) is 5.32 Å². The second-order valence-corrected chi connectivity index (χ2v) is 4.41. The van der Waals surface area contributed by atoms with Crippen molar-refractivity contribution in [3.8, 4) is 0 Å². The van der Waals surface area contributed by atoms with Gasteiger partial charge in [0.1, 0.15) is 11.9 Å². The van der Waals surface area contributed by atoms with E-state index in [9.17, 15) is 14.0 Å². The number of hydrogen-bond donors (Lipinski definition) is 3. The number of amides is 1. The molecule has 0 aliphatic heterocycles. The number of nitrogens with one attached hydrogen (secondary N) is 1. The second kappa shape index (κ2) is 5.71. The molecule has 1 atom stereocenters. The van der Waals surface area contributed by atoms with Crippen LogP contribution in [-0.2, 0) is 11.8 Å². The maximum atomic E-state index is 13.7. The van der Waals surface area contributed by atoms with Crippen molar-refractivity contribution in [3.05, 3.63) is 47.5 Å². The van der Waals surface area contributed by atoms with E-state index >= 15 is 0 Å². The number of aromatic nitrogens is 2. The Hall–Kier alpha value is -2.74. The minimum atomic E-state index is -1.25. The Bertz CT molecular complexity index is 698. The number of halogens is 1. The highest BCUT2D eigenvalue weighted by Crippen LogP contribution is 2.18. The van der Waals surface area contributed by atoms with Crippen molar-refractivity contribution in [1.82, 2.24) is 9.78 Å². The molecule has 4 N–H and O–H groups in total. The summed E-state index contributed by atoms with van der Waals surface area (Å²) in [6.45, 7) is 0. The van der Waals surface area contributed by atoms with Gasteiger partial charge in [-0.1, -0.05) is 0 Å². The van der Waals surface area contributed by atoms with Crippen LogP contribution in [0.1, 0.15) is 22.0 Å². The van der Waals surface area contributed by atoms with Crippen LogP contribution < -0.4 is 11.1 Å². The Morgan fingerprint density at radius 2 is 2.19 bits per heavy atom. The highest BCUT2D eigenvalue weighted by atomic mass is 19.1. The molecular formula is C13H13FN4O3. The molecule has 1 heterocycles. The van der Waals surface area contributed by atoms with Gasteiger partial charge in [-0.3, -0.25) is 9.48 Å². The number of carbonyl (C=O) groups excluding carboxylic acids is 1. The number of hydrogen-bond acceptors (Lipinski definition) is 4. The second-order valence-electron chi connectivity index (χ2n) is 4.41. The van der Waals surface area contributed by atoms with Crippen LogP contribution in [0.25, 0.3) is 0 Å². The number of aromatic carboxylic acids is 1. The van der Waals surface area contributed by atoms with Crippen LogP contribution in [0.15, 0.2) is 30.6 Å². The molecule has 1 amide bonds. The van der Waals surface area contributed by atoms with Crippen molar-refractivity contribution < 1.29 is 19.1 Å². The average Bonchev–Trinajstić information content (AvgIpc) is 2.86. The molecule has 2 rings (SSSR count). The molecule has 8 heteroatoms. The van der Waals surface area contributed by atoms with Crippen molar-refractivity contribution in [1.29, 1.82) is 0 Å². The van der Waals surface area contributed by atoms with E-state index in [2.05, 4.69) is 10.4 Å². The standard InChI is InChI=1S/C13H13FN4O3/c1-18-6-8(5-16-18)11(15)12(19)17-10-3-2-7(13(20)21)4-9(10)14/h2-6,11H,15H2,1H3,(H,17,19)(H,20,21). The molecule has 110 valence electrons. The van der Waals surface area contributed by atoms with E-state index in [1.807, 2.05) is 0 Å². The van der Waals surface area contributed by atoms with Crippen LogP contribution in [0.2, 0.25) is 0 Å². The lowest BCUT2D eigenvalue weighted by atomic mass is 10.1. The van der Waals surface area contributed by atoms with E-state index in [0.29, 0.717) is 5.56 Å². The molecule has 0 aliphatic carbocycles. The third kappa shape index (κ3) is 3.23. The number of nitrogens with zero attached hydrogens (tertiary/aromatic N) is 2. The topological polar surface area (TPSA) is 110 Å². The number of carboxylic acids is 1. The number of rotatable bonds is 4. The van der Waals surface area contributed by atoms with Gasteiger partial charge in [0.15, 0.2) is 0 Å². The first-order valence-corrected chi connectivity index (χ1v) is 5.96. The minimum absolute atomic E-state index is 0.135. The lowest BCUT2D eigenvalue weighted by molar-refractivity contribution is -0.117. The number of aryl methyl sites for hydroxylation is 1. The molecule has 0 aliphatic rings. The summed E-state index contributed by atoms with van der Waals surface area (Å²) < 4.78 is 15.2. The first-order chi connectivity index (χ1) is 9.88. The van der Waals surface area contributed by atoms with Crippen LogP contribution in [0.3, 0.4) is 0 Å². The fourth-order valence-corrected chi connectivity index (χ4v) is 1.71. The zero-order chi connectivity index (χ0) is 15.6. The van der Waals surface area contributed by atoms with Gasteiger partial charge in [0.2, 0.25) is 5.91 Å². The first kappa shape index (κ1) is 14.7. The third-order valence-corrected chi connectivity index (χ3v) is 2.84. The smallest absolute Gasteiger partial charge is 0.335 e. The van der Waals surface area contributed by atoms with Gasteiger partial charge in [-0.25, -0.2) is 9.18 Å². The van der Waals surface area contributed by atoms with Gasteiger partial charge in [0, 0.05) is 18.8 Å². The molecular weight excluding hydrogens is 279 g/mol. The van der Waals surface area contributed by atoms with E-state index in [4.69, 9.17) is 10.8 Å². The molecule has 1 aromatic carbocycles. The van der Waals surface area contributed by atoms with E-state index < -0.39 is 23.7 Å². The zero-order valence-corrected chi connectivity index (χ0v) is 11.1. The lowest BCUT2D eigenvalue weighted by Crippen LogP contribution is -2.27. The Labute approximate surface area is 119 Å². The van der Waals surface area contributed by atoms with Crippen molar-refractivity contribution in [3.63, 3.8) is 0 Å². The Morgan fingerprint density at radius 1 is 1.48 bits per heavy atom. The van der Waals surface area contributed by atoms with Gasteiger partial charge in [0.05, 0.1) is 17.4 Å². The third-order valence-electron chi connectivity index (χ3n) is 2.84. The summed E-state index contributed by atoms with van der Waals surface area (Å²) in [4.78, 5) is 22.6. The molecule has 0 fully saturated rings. The molecule has 1 aromatic heterocycles. The molecule has 2 aromatic rings. The van der Waals surface area contributed by atoms with Crippen LogP contribution >= 0.6 is 0 Å². The molecule has 0 bridgehead atoms. The summed E-state index contributed by atoms with van der Waals surface area (Å²) in [5.74, 6) is -2.72. The van der Waals surface area contributed by atoms with E-state index in [1.54, 1.807) is 13.2 Å². The summed E-state index contributed by atoms with van der Waals surface area (Å²) in [5, 5.41) is 14.9. The largest absolute Gasteiger partial charge is 0.478 e. The highest BCUT2D eigenvalue weighted by molar-refractivity contribution is 5.96. The molecule has 7 nitrogen and oxygen atoms in total. The van der Waals surface area contributed by atoms with Gasteiger partial charge in [0.25, 0.3) is 0 Å². The number of carbonyl (C=O) groups is 2. The Balaban J connectivity index is 2.14. The van der Waals surface area contributed by atoms with Crippen molar-refractivity contribution in [2.45, 2.75) is 6.04 Å². The monoisotopic (exact) mass is 292 g/mol. The fourth-order valence-electron chi connectivity index (χ4n) is 1.71. The lowest BCUT2D eigenvalue weighted by Gasteiger charge is -2.11. The van der Waals surface area contributed by atoms with Gasteiger partial charge in [-0.05, 0) is 18.2 Å². The van der Waals surface area contributed by atoms with Crippen LogP contribution in [0.5, 0.6) is 0 Å². The van der Waals surface area contributed by atoms with E-state index in [0.717, 1.165) is 6.07 Å². The summed E-state index contributed by atoms with van der Waals surface area (Å²) in [7, 11) is 1.68. The minimum Gasteiger partial charge on any atom is -0.478 e. The first-order valence-electron chi connectivity index (χ1n) is 5.96. The maximum Gasteiger partial charge on any atom is 0.335 e. The maximum absolute atomic E-state index is 13.7. The predicted octanol–water partition coefficient (Wildman–Crippen LogP) is 0.896. The normalized spacial score (nSPS) is 12.0. The molecule has 1 unspecified atom stereocenters. The molecule has 0 saturated heterocycles. The average molecular weight is 292 g/mol. The molecule has 0 spiro atoms. The zero-order valence-electron chi connectivity index (χ0n) is 11.1.